The molecule has 0 aliphatic rings. The summed E-state index contributed by atoms with van der Waals surface area (Å²) in [6.45, 7) is -0.507. The summed E-state index contributed by atoms with van der Waals surface area (Å²) < 4.78 is 30.3. The lowest BCUT2D eigenvalue weighted by atomic mass is 10.1. The van der Waals surface area contributed by atoms with Gasteiger partial charge in [0.25, 0.3) is 6.43 Å². The van der Waals surface area contributed by atoms with Crippen molar-refractivity contribution in [2.24, 2.45) is 0 Å². The van der Waals surface area contributed by atoms with Crippen molar-refractivity contribution in [1.29, 1.82) is 0 Å². The van der Waals surface area contributed by atoms with Crippen LogP contribution in [-0.2, 0) is 6.61 Å². The predicted octanol–water partition coefficient (Wildman–Crippen LogP) is 2.12. The van der Waals surface area contributed by atoms with E-state index >= 15 is 0 Å². The third-order valence-electron chi connectivity index (χ3n) is 1.71. The summed E-state index contributed by atoms with van der Waals surface area (Å²) in [5.41, 5.74) is -0.158. The molecule has 6 heteroatoms. The lowest BCUT2D eigenvalue weighted by molar-refractivity contribution is 0.144. The lowest BCUT2D eigenvalue weighted by Gasteiger charge is -2.11. The van der Waals surface area contributed by atoms with Gasteiger partial charge >= 0.3 is 0 Å². The van der Waals surface area contributed by atoms with Gasteiger partial charge in [0.2, 0.25) is 5.88 Å². The summed E-state index contributed by atoms with van der Waals surface area (Å²) in [4.78, 5) is 3.79. The van der Waals surface area contributed by atoms with Crippen LogP contribution >= 0.6 is 22.6 Å². The van der Waals surface area contributed by atoms with Crippen molar-refractivity contribution in [2.45, 2.75) is 13.0 Å². The summed E-state index contributed by atoms with van der Waals surface area (Å²) >= 11 is 1.75. The molecule has 0 aromatic carbocycles. The second-order valence-corrected chi connectivity index (χ2v) is 3.63. The van der Waals surface area contributed by atoms with E-state index in [2.05, 4.69) is 4.98 Å². The zero-order valence-corrected chi connectivity index (χ0v) is 9.46. The van der Waals surface area contributed by atoms with Gasteiger partial charge in [-0.3, -0.25) is 0 Å². The van der Waals surface area contributed by atoms with E-state index in [4.69, 9.17) is 9.84 Å². The maximum absolute atomic E-state index is 12.6. The number of hydrogen-bond acceptors (Lipinski definition) is 3. The summed E-state index contributed by atoms with van der Waals surface area (Å²) in [5.74, 6) is 0.0446. The molecule has 78 valence electrons. The number of ether oxygens (including phenoxy) is 1. The van der Waals surface area contributed by atoms with Crippen molar-refractivity contribution >= 4 is 22.6 Å². The van der Waals surface area contributed by atoms with Gasteiger partial charge in [-0.1, -0.05) is 0 Å². The summed E-state index contributed by atoms with van der Waals surface area (Å²) in [7, 11) is 1.32. The van der Waals surface area contributed by atoms with Crippen LogP contribution in [0.25, 0.3) is 0 Å². The van der Waals surface area contributed by atoms with Crippen molar-refractivity contribution in [3.8, 4) is 5.88 Å². The monoisotopic (exact) mass is 315 g/mol. The standard InChI is InChI=1S/C8H8F2INO2/c1-14-8-4(3-13)6(7(9)10)5(11)2-12-8/h2,7,13H,3H2,1H3. The smallest absolute Gasteiger partial charge is 0.265 e. The molecule has 0 fully saturated rings. The molecule has 0 aliphatic heterocycles. The number of methoxy groups -OCH3 is 1. The first-order chi connectivity index (χ1) is 6.61. The van der Waals surface area contributed by atoms with E-state index in [1.165, 1.54) is 13.3 Å². The number of pyridine rings is 1. The maximum atomic E-state index is 12.6. The largest absolute Gasteiger partial charge is 0.481 e. The number of hydrogen-bond donors (Lipinski definition) is 1. The van der Waals surface area contributed by atoms with E-state index in [-0.39, 0.29) is 17.0 Å². The molecule has 0 spiro atoms. The van der Waals surface area contributed by atoms with Gasteiger partial charge in [0, 0.05) is 20.9 Å². The number of aliphatic hydroxyl groups excluding tert-OH is 1. The quantitative estimate of drug-likeness (QED) is 0.869. The highest BCUT2D eigenvalue weighted by Gasteiger charge is 2.20. The van der Waals surface area contributed by atoms with Crippen molar-refractivity contribution < 1.29 is 18.6 Å². The minimum atomic E-state index is -2.64. The molecule has 0 amide bonds. The highest BCUT2D eigenvalue weighted by molar-refractivity contribution is 14.1. The van der Waals surface area contributed by atoms with Gasteiger partial charge in [0.05, 0.1) is 13.7 Å². The Bertz CT molecular complexity index is 333. The third kappa shape index (κ3) is 2.11. The fourth-order valence-corrected chi connectivity index (χ4v) is 1.79. The average molecular weight is 315 g/mol. The van der Waals surface area contributed by atoms with Gasteiger partial charge in [-0.2, -0.15) is 0 Å². The minimum absolute atomic E-state index is 0.0446. The third-order valence-corrected chi connectivity index (χ3v) is 2.57. The lowest BCUT2D eigenvalue weighted by Crippen LogP contribution is -2.03. The number of halogens is 3. The molecule has 0 atom stereocenters. The topological polar surface area (TPSA) is 42.4 Å². The van der Waals surface area contributed by atoms with Gasteiger partial charge in [0.15, 0.2) is 0 Å². The molecule has 0 saturated carbocycles. The zero-order valence-electron chi connectivity index (χ0n) is 7.30. The van der Waals surface area contributed by atoms with Crippen LogP contribution in [-0.4, -0.2) is 17.2 Å². The van der Waals surface area contributed by atoms with E-state index in [0.29, 0.717) is 3.57 Å². The van der Waals surface area contributed by atoms with Crippen LogP contribution in [0, 0.1) is 3.57 Å². The number of rotatable bonds is 3. The molecule has 0 aliphatic carbocycles. The van der Waals surface area contributed by atoms with Gasteiger partial charge in [-0.15, -0.1) is 0 Å². The number of aliphatic hydroxyl groups is 1. The molecule has 0 bridgehead atoms. The first-order valence-corrected chi connectivity index (χ1v) is 4.80. The van der Waals surface area contributed by atoms with Crippen molar-refractivity contribution in [3.63, 3.8) is 0 Å². The molecular formula is C8H8F2INO2. The molecule has 3 nitrogen and oxygen atoms in total. The first-order valence-electron chi connectivity index (χ1n) is 3.72. The van der Waals surface area contributed by atoms with Crippen molar-refractivity contribution in [3.05, 3.63) is 20.9 Å². The van der Waals surface area contributed by atoms with E-state index in [1.807, 2.05) is 0 Å². The van der Waals surface area contributed by atoms with E-state index in [1.54, 1.807) is 22.6 Å². The van der Waals surface area contributed by atoms with Crippen LogP contribution in [0.5, 0.6) is 5.88 Å². The zero-order chi connectivity index (χ0) is 10.7. The molecule has 1 heterocycles. The van der Waals surface area contributed by atoms with E-state index < -0.39 is 13.0 Å². The first kappa shape index (κ1) is 11.6. The Kier molecular flexibility index (Phi) is 3.99. The predicted molar refractivity (Wildman–Crippen MR) is 54.4 cm³/mol. The summed E-state index contributed by atoms with van der Waals surface area (Å²) in [5, 5.41) is 8.95. The Balaban J connectivity index is 3.35. The van der Waals surface area contributed by atoms with Crippen LogP contribution in [0.4, 0.5) is 8.78 Å². The number of alkyl halides is 2. The Morgan fingerprint density at radius 2 is 2.29 bits per heavy atom. The van der Waals surface area contributed by atoms with E-state index in [9.17, 15) is 8.78 Å². The Hall–Kier alpha value is -0.500. The van der Waals surface area contributed by atoms with Crippen LogP contribution in [0.3, 0.4) is 0 Å². The Labute approximate surface area is 93.2 Å². The average Bonchev–Trinajstić information content (AvgIpc) is 2.16. The van der Waals surface area contributed by atoms with Crippen molar-refractivity contribution in [1.82, 2.24) is 4.98 Å². The second-order valence-electron chi connectivity index (χ2n) is 2.47. The molecule has 1 rings (SSSR count). The van der Waals surface area contributed by atoms with Crippen LogP contribution < -0.4 is 4.74 Å². The molecule has 1 N–H and O–H groups in total. The molecule has 1 aromatic rings. The van der Waals surface area contributed by atoms with Gasteiger partial charge < -0.3 is 9.84 Å². The molecule has 0 unspecified atom stereocenters. The van der Waals surface area contributed by atoms with Crippen LogP contribution in [0.2, 0.25) is 0 Å². The fraction of sp³-hybridized carbons (Fsp3) is 0.375. The Morgan fingerprint density at radius 1 is 1.64 bits per heavy atom. The highest BCUT2D eigenvalue weighted by Crippen LogP contribution is 2.31. The number of nitrogens with zero attached hydrogens (tertiary/aromatic N) is 1. The molecule has 1 aromatic heterocycles. The molecule has 14 heavy (non-hydrogen) atoms. The molecule has 0 saturated heterocycles. The minimum Gasteiger partial charge on any atom is -0.481 e. The summed E-state index contributed by atoms with van der Waals surface area (Å²) in [6, 6.07) is 0. The van der Waals surface area contributed by atoms with Crippen LogP contribution in [0.1, 0.15) is 17.6 Å². The molecule has 0 radical (unpaired) electrons. The maximum Gasteiger partial charge on any atom is 0.265 e. The number of aromatic nitrogens is 1. The SMILES string of the molecule is COc1ncc(I)c(C(F)F)c1CO. The normalized spacial score (nSPS) is 10.7. The Morgan fingerprint density at radius 3 is 2.71 bits per heavy atom. The van der Waals surface area contributed by atoms with Gasteiger partial charge in [-0.05, 0) is 22.6 Å². The highest BCUT2D eigenvalue weighted by atomic mass is 127. The van der Waals surface area contributed by atoms with Crippen molar-refractivity contribution in [2.75, 3.05) is 7.11 Å². The fourth-order valence-electron chi connectivity index (χ4n) is 1.09. The van der Waals surface area contributed by atoms with Gasteiger partial charge in [-0.25, -0.2) is 13.8 Å². The van der Waals surface area contributed by atoms with Gasteiger partial charge in [0.1, 0.15) is 0 Å². The second kappa shape index (κ2) is 4.83. The molecular weight excluding hydrogens is 307 g/mol. The van der Waals surface area contributed by atoms with Crippen LogP contribution in [0.15, 0.2) is 6.20 Å². The summed E-state index contributed by atoms with van der Waals surface area (Å²) in [6.07, 6.45) is -1.35. The van der Waals surface area contributed by atoms with E-state index in [0.717, 1.165) is 0 Å².